The minimum absolute atomic E-state index is 0.163. The van der Waals surface area contributed by atoms with Gasteiger partial charge in [0.15, 0.2) is 0 Å². The lowest BCUT2D eigenvalue weighted by molar-refractivity contribution is 0.0967. The third-order valence-corrected chi connectivity index (χ3v) is 2.94. The van der Waals surface area contributed by atoms with Crippen molar-refractivity contribution in [3.8, 4) is 0 Å². The predicted molar refractivity (Wildman–Crippen MR) is 49.0 cm³/mol. The largest absolute Gasteiger partial charge is 0.472 e. The molecule has 1 heterocycles. The number of rotatable bonds is 1. The molecule has 1 aromatic heterocycles. The highest BCUT2D eigenvalue weighted by atomic mass is 16.3. The molecule has 72 valence electrons. The molecule has 0 radical (unpaired) electrons. The molecule has 1 aliphatic rings. The summed E-state index contributed by atoms with van der Waals surface area (Å²) in [5.41, 5.74) is 7.00. The van der Waals surface area contributed by atoms with Gasteiger partial charge in [-0.05, 0) is 31.7 Å². The molecular weight excluding hydrogens is 166 g/mol. The van der Waals surface area contributed by atoms with Crippen LogP contribution in [-0.2, 0) is 5.54 Å². The van der Waals surface area contributed by atoms with Crippen LogP contribution in [0.15, 0.2) is 23.0 Å². The van der Waals surface area contributed by atoms with Crippen molar-refractivity contribution < 1.29 is 9.52 Å². The van der Waals surface area contributed by atoms with Crippen molar-refractivity contribution in [2.45, 2.75) is 37.3 Å². The topological polar surface area (TPSA) is 59.4 Å². The number of furan rings is 1. The molecule has 0 aromatic carbocycles. The average Bonchev–Trinajstić information content (AvgIpc) is 2.63. The van der Waals surface area contributed by atoms with Crippen molar-refractivity contribution >= 4 is 0 Å². The molecule has 0 saturated heterocycles. The summed E-state index contributed by atoms with van der Waals surface area (Å²) in [5, 5.41) is 9.36. The van der Waals surface area contributed by atoms with Gasteiger partial charge in [-0.1, -0.05) is 0 Å². The van der Waals surface area contributed by atoms with E-state index in [0.717, 1.165) is 31.2 Å². The van der Waals surface area contributed by atoms with Gasteiger partial charge in [-0.3, -0.25) is 0 Å². The van der Waals surface area contributed by atoms with E-state index < -0.39 is 0 Å². The van der Waals surface area contributed by atoms with Crippen LogP contribution >= 0.6 is 0 Å². The maximum Gasteiger partial charge on any atom is 0.0953 e. The Morgan fingerprint density at radius 3 is 2.69 bits per heavy atom. The van der Waals surface area contributed by atoms with Gasteiger partial charge in [0.2, 0.25) is 0 Å². The molecule has 3 heteroatoms. The Balaban J connectivity index is 2.13. The van der Waals surface area contributed by atoms with Crippen LogP contribution in [0.2, 0.25) is 0 Å². The van der Waals surface area contributed by atoms with E-state index in [4.69, 9.17) is 10.2 Å². The zero-order chi connectivity index (χ0) is 9.31. The summed E-state index contributed by atoms with van der Waals surface area (Å²) in [7, 11) is 0. The minimum Gasteiger partial charge on any atom is -0.472 e. The van der Waals surface area contributed by atoms with Gasteiger partial charge in [0.1, 0.15) is 0 Å². The standard InChI is InChI=1S/C10H15NO2/c11-10(8-3-6-13-7-8)4-1-9(12)2-5-10/h3,6-7,9,12H,1-2,4-5,11H2. The Hall–Kier alpha value is -0.800. The van der Waals surface area contributed by atoms with Crippen LogP contribution < -0.4 is 5.73 Å². The first-order valence-electron chi connectivity index (χ1n) is 4.70. The van der Waals surface area contributed by atoms with Gasteiger partial charge in [0.25, 0.3) is 0 Å². The van der Waals surface area contributed by atoms with Gasteiger partial charge in [0, 0.05) is 11.1 Å². The van der Waals surface area contributed by atoms with Crippen LogP contribution in [0.1, 0.15) is 31.2 Å². The molecule has 0 aliphatic heterocycles. The first-order chi connectivity index (χ1) is 6.21. The van der Waals surface area contributed by atoms with Gasteiger partial charge >= 0.3 is 0 Å². The molecule has 0 unspecified atom stereocenters. The lowest BCUT2D eigenvalue weighted by Gasteiger charge is -2.34. The first kappa shape index (κ1) is 8.78. The molecule has 1 fully saturated rings. The Morgan fingerprint density at radius 1 is 1.46 bits per heavy atom. The summed E-state index contributed by atoms with van der Waals surface area (Å²) in [5.74, 6) is 0. The van der Waals surface area contributed by atoms with E-state index in [1.165, 1.54) is 0 Å². The Morgan fingerprint density at radius 2 is 2.15 bits per heavy atom. The van der Waals surface area contributed by atoms with Gasteiger partial charge in [-0.25, -0.2) is 0 Å². The highest BCUT2D eigenvalue weighted by Crippen LogP contribution is 2.34. The molecule has 3 N–H and O–H groups in total. The number of hydrogen-bond acceptors (Lipinski definition) is 3. The monoisotopic (exact) mass is 181 g/mol. The summed E-state index contributed by atoms with van der Waals surface area (Å²) in [6.07, 6.45) is 6.46. The maximum atomic E-state index is 9.36. The maximum absolute atomic E-state index is 9.36. The quantitative estimate of drug-likeness (QED) is 0.687. The van der Waals surface area contributed by atoms with Crippen molar-refractivity contribution in [2.24, 2.45) is 5.73 Å². The van der Waals surface area contributed by atoms with E-state index in [-0.39, 0.29) is 11.6 Å². The minimum atomic E-state index is -0.272. The van der Waals surface area contributed by atoms with Crippen molar-refractivity contribution in [1.29, 1.82) is 0 Å². The van der Waals surface area contributed by atoms with E-state index in [1.807, 2.05) is 6.07 Å². The molecule has 0 bridgehead atoms. The number of nitrogens with two attached hydrogens (primary N) is 1. The third-order valence-electron chi connectivity index (χ3n) is 2.94. The predicted octanol–water partition coefficient (Wildman–Crippen LogP) is 1.37. The molecule has 1 aliphatic carbocycles. The van der Waals surface area contributed by atoms with Crippen molar-refractivity contribution in [2.75, 3.05) is 0 Å². The second-order valence-corrected chi connectivity index (χ2v) is 3.90. The molecule has 0 amide bonds. The molecule has 13 heavy (non-hydrogen) atoms. The zero-order valence-corrected chi connectivity index (χ0v) is 7.57. The number of aliphatic hydroxyl groups excluding tert-OH is 1. The molecule has 0 spiro atoms. The van der Waals surface area contributed by atoms with Gasteiger partial charge in [-0.15, -0.1) is 0 Å². The second-order valence-electron chi connectivity index (χ2n) is 3.90. The van der Waals surface area contributed by atoms with Crippen molar-refractivity contribution in [1.82, 2.24) is 0 Å². The average molecular weight is 181 g/mol. The number of hydrogen-bond donors (Lipinski definition) is 2. The van der Waals surface area contributed by atoms with E-state index in [1.54, 1.807) is 12.5 Å². The van der Waals surface area contributed by atoms with E-state index in [2.05, 4.69) is 0 Å². The summed E-state index contributed by atoms with van der Waals surface area (Å²) >= 11 is 0. The molecule has 2 rings (SSSR count). The van der Waals surface area contributed by atoms with Gasteiger partial charge in [0.05, 0.1) is 18.6 Å². The van der Waals surface area contributed by atoms with Crippen LogP contribution in [0.25, 0.3) is 0 Å². The van der Waals surface area contributed by atoms with Crippen LogP contribution in [-0.4, -0.2) is 11.2 Å². The Bertz CT molecular complexity index is 260. The SMILES string of the molecule is NC1(c2ccoc2)CCC(O)CC1. The summed E-state index contributed by atoms with van der Waals surface area (Å²) in [4.78, 5) is 0. The highest BCUT2D eigenvalue weighted by Gasteiger charge is 2.33. The second kappa shape index (κ2) is 3.16. The van der Waals surface area contributed by atoms with Crippen LogP contribution in [0, 0.1) is 0 Å². The van der Waals surface area contributed by atoms with Crippen molar-refractivity contribution in [3.63, 3.8) is 0 Å². The Kier molecular flexibility index (Phi) is 2.14. The molecule has 3 nitrogen and oxygen atoms in total. The highest BCUT2D eigenvalue weighted by molar-refractivity contribution is 5.19. The summed E-state index contributed by atoms with van der Waals surface area (Å²) in [6.45, 7) is 0. The lowest BCUT2D eigenvalue weighted by Crippen LogP contribution is -2.41. The van der Waals surface area contributed by atoms with E-state index in [9.17, 15) is 5.11 Å². The fraction of sp³-hybridized carbons (Fsp3) is 0.600. The molecule has 1 saturated carbocycles. The fourth-order valence-corrected chi connectivity index (χ4v) is 1.95. The fourth-order valence-electron chi connectivity index (χ4n) is 1.95. The Labute approximate surface area is 77.5 Å². The van der Waals surface area contributed by atoms with E-state index >= 15 is 0 Å². The van der Waals surface area contributed by atoms with Gasteiger partial charge < -0.3 is 15.3 Å². The van der Waals surface area contributed by atoms with Crippen LogP contribution in [0.5, 0.6) is 0 Å². The van der Waals surface area contributed by atoms with Crippen LogP contribution in [0.3, 0.4) is 0 Å². The first-order valence-corrected chi connectivity index (χ1v) is 4.70. The van der Waals surface area contributed by atoms with E-state index in [0.29, 0.717) is 0 Å². The van der Waals surface area contributed by atoms with Gasteiger partial charge in [-0.2, -0.15) is 0 Å². The summed E-state index contributed by atoms with van der Waals surface area (Å²) < 4.78 is 5.02. The normalized spacial score (nSPS) is 34.8. The van der Waals surface area contributed by atoms with Crippen molar-refractivity contribution in [3.05, 3.63) is 24.2 Å². The molecule has 0 atom stereocenters. The molecular formula is C10H15NO2. The third kappa shape index (κ3) is 1.62. The number of aliphatic hydroxyl groups is 1. The molecule has 1 aromatic rings. The zero-order valence-electron chi connectivity index (χ0n) is 7.57. The smallest absolute Gasteiger partial charge is 0.0953 e. The lowest BCUT2D eigenvalue weighted by atomic mass is 9.77. The summed E-state index contributed by atoms with van der Waals surface area (Å²) in [6, 6.07) is 1.91. The van der Waals surface area contributed by atoms with Crippen LogP contribution in [0.4, 0.5) is 0 Å².